The predicted octanol–water partition coefficient (Wildman–Crippen LogP) is 1.78. The Kier molecular flexibility index (Phi) is 5.06. The number of nitrogens with one attached hydrogen (secondary N) is 2. The van der Waals surface area contributed by atoms with Gasteiger partial charge in [0.1, 0.15) is 11.6 Å². The summed E-state index contributed by atoms with van der Waals surface area (Å²) in [6.45, 7) is 0. The summed E-state index contributed by atoms with van der Waals surface area (Å²) in [6.07, 6.45) is 0.250. The fourth-order valence-electron chi connectivity index (χ4n) is 2.51. The first-order valence-corrected chi connectivity index (χ1v) is 7.09. The second-order valence-corrected chi connectivity index (χ2v) is 4.94. The molecule has 0 aliphatic rings. The highest BCUT2D eigenvalue weighted by atomic mass is 16.3. The number of rotatable bonds is 3. The van der Waals surface area contributed by atoms with Gasteiger partial charge in [0.2, 0.25) is 6.41 Å². The summed E-state index contributed by atoms with van der Waals surface area (Å²) in [5, 5.41) is 13.3. The van der Waals surface area contributed by atoms with E-state index in [1.807, 2.05) is 24.3 Å². The highest BCUT2D eigenvalue weighted by Gasteiger charge is 2.15. The normalized spacial score (nSPS) is 9.88. The second kappa shape index (κ2) is 7.19. The first-order valence-electron chi connectivity index (χ1n) is 7.09. The monoisotopic (exact) mass is 326 g/mol. The molecule has 24 heavy (non-hydrogen) atoms. The molecule has 0 spiro atoms. The Bertz CT molecular complexity index is 887. The molecule has 7 N–H and O–H groups in total. The van der Waals surface area contributed by atoms with Crippen molar-refractivity contribution in [2.75, 3.05) is 12.4 Å². The number of carbonyl (C=O) groups is 2. The van der Waals surface area contributed by atoms with Crippen LogP contribution in [-0.2, 0) is 4.79 Å². The third kappa shape index (κ3) is 3.30. The van der Waals surface area contributed by atoms with Crippen molar-refractivity contribution >= 4 is 29.0 Å². The van der Waals surface area contributed by atoms with Gasteiger partial charge in [-0.15, -0.1) is 0 Å². The zero-order valence-electron chi connectivity index (χ0n) is 13.0. The van der Waals surface area contributed by atoms with Gasteiger partial charge in [-0.3, -0.25) is 9.59 Å². The van der Waals surface area contributed by atoms with E-state index in [-0.39, 0.29) is 12.2 Å². The van der Waals surface area contributed by atoms with Gasteiger partial charge < -0.3 is 26.9 Å². The molecule has 2 amide bonds. The molecule has 124 valence electrons. The zero-order chi connectivity index (χ0) is 17.7. The number of amides is 2. The molecule has 2 aromatic carbocycles. The number of phenolic OH excluding ortho intramolecular Hbond substituents is 1. The summed E-state index contributed by atoms with van der Waals surface area (Å²) >= 11 is 0. The van der Waals surface area contributed by atoms with Crippen molar-refractivity contribution in [2.24, 2.45) is 11.5 Å². The van der Waals surface area contributed by atoms with Gasteiger partial charge in [0.05, 0.1) is 5.56 Å². The van der Waals surface area contributed by atoms with Crippen LogP contribution in [0.3, 0.4) is 0 Å². The number of H-pyrrole nitrogens is 1. The van der Waals surface area contributed by atoms with Gasteiger partial charge in [0.25, 0.3) is 5.91 Å². The largest absolute Gasteiger partial charge is 0.508 e. The lowest BCUT2D eigenvalue weighted by Crippen LogP contribution is -2.12. The van der Waals surface area contributed by atoms with Crippen LogP contribution in [0, 0.1) is 0 Å². The van der Waals surface area contributed by atoms with Gasteiger partial charge >= 0.3 is 0 Å². The number of phenols is 1. The van der Waals surface area contributed by atoms with E-state index < -0.39 is 5.91 Å². The van der Waals surface area contributed by atoms with Crippen molar-refractivity contribution in [3.8, 4) is 16.9 Å². The topological polar surface area (TPSA) is 134 Å². The van der Waals surface area contributed by atoms with Crippen LogP contribution in [0.1, 0.15) is 10.4 Å². The van der Waals surface area contributed by atoms with Crippen LogP contribution in [0.15, 0.2) is 42.5 Å². The Morgan fingerprint density at radius 2 is 1.88 bits per heavy atom. The van der Waals surface area contributed by atoms with Gasteiger partial charge in [-0.1, -0.05) is 24.3 Å². The molecule has 0 saturated carbocycles. The fourth-order valence-corrected chi connectivity index (χ4v) is 2.51. The average molecular weight is 326 g/mol. The number of carbonyl (C=O) groups excluding carboxylic acids is 2. The summed E-state index contributed by atoms with van der Waals surface area (Å²) in [4.78, 5) is 23.3. The van der Waals surface area contributed by atoms with E-state index in [4.69, 9.17) is 10.5 Å². The summed E-state index contributed by atoms with van der Waals surface area (Å²) < 4.78 is 0. The molecule has 1 aromatic heterocycles. The summed E-state index contributed by atoms with van der Waals surface area (Å²) in [5.74, 6) is 0.342. The van der Waals surface area contributed by atoms with Crippen LogP contribution in [0.2, 0.25) is 0 Å². The Balaban J connectivity index is 0.000000647. The predicted molar refractivity (Wildman–Crippen MR) is 93.7 cm³/mol. The Morgan fingerprint density at radius 1 is 1.21 bits per heavy atom. The number of fused-ring (bicyclic) bond motifs is 1. The summed E-state index contributed by atoms with van der Waals surface area (Å²) in [5.41, 5.74) is 12.7. The van der Waals surface area contributed by atoms with Crippen LogP contribution < -0.4 is 16.8 Å². The van der Waals surface area contributed by atoms with E-state index in [9.17, 15) is 9.90 Å². The van der Waals surface area contributed by atoms with Crippen LogP contribution in [0.4, 0.5) is 5.82 Å². The third-order valence-corrected chi connectivity index (χ3v) is 3.47. The highest BCUT2D eigenvalue weighted by Crippen LogP contribution is 2.31. The number of primary amides is 2. The smallest absolute Gasteiger partial charge is 0.253 e. The molecule has 0 fully saturated rings. The molecule has 0 aliphatic carbocycles. The molecule has 0 unspecified atom stereocenters. The number of anilines is 1. The molecular weight excluding hydrogens is 308 g/mol. The molecule has 3 aromatic rings. The van der Waals surface area contributed by atoms with E-state index in [0.29, 0.717) is 11.4 Å². The van der Waals surface area contributed by atoms with Crippen LogP contribution >= 0.6 is 0 Å². The van der Waals surface area contributed by atoms with Gasteiger partial charge in [0, 0.05) is 18.0 Å². The van der Waals surface area contributed by atoms with Gasteiger partial charge in [0.15, 0.2) is 0 Å². The van der Waals surface area contributed by atoms with E-state index in [0.717, 1.165) is 22.0 Å². The first kappa shape index (κ1) is 16.9. The van der Waals surface area contributed by atoms with Crippen molar-refractivity contribution in [1.82, 2.24) is 4.98 Å². The molecule has 1 heterocycles. The second-order valence-electron chi connectivity index (χ2n) is 4.94. The number of benzene rings is 2. The van der Waals surface area contributed by atoms with Crippen LogP contribution in [0.5, 0.6) is 5.75 Å². The molecule has 7 nitrogen and oxygen atoms in total. The minimum Gasteiger partial charge on any atom is -0.508 e. The first-order chi connectivity index (χ1) is 11.5. The van der Waals surface area contributed by atoms with Gasteiger partial charge in [-0.05, 0) is 29.3 Å². The van der Waals surface area contributed by atoms with Gasteiger partial charge in [-0.2, -0.15) is 0 Å². The molecule has 7 heteroatoms. The molecule has 0 radical (unpaired) electrons. The Morgan fingerprint density at radius 3 is 2.46 bits per heavy atom. The molecule has 0 saturated heterocycles. The summed E-state index contributed by atoms with van der Waals surface area (Å²) in [6, 6.07) is 12.7. The van der Waals surface area contributed by atoms with E-state index in [1.165, 1.54) is 0 Å². The maximum Gasteiger partial charge on any atom is 0.253 e. The SMILES string of the molecule is CNc1[nH]c2cc(-c3cccc(O)c3)ccc2c1C(N)=O.NC=O. The quantitative estimate of drug-likeness (QED) is 0.469. The lowest BCUT2D eigenvalue weighted by atomic mass is 10.0. The molecule has 0 atom stereocenters. The molecular formula is C17H18N4O3. The fraction of sp³-hybridized carbons (Fsp3) is 0.0588. The van der Waals surface area contributed by atoms with Crippen molar-refractivity contribution < 1.29 is 14.7 Å². The maximum atomic E-state index is 11.6. The Hall–Kier alpha value is -3.48. The van der Waals surface area contributed by atoms with Crippen molar-refractivity contribution in [2.45, 2.75) is 0 Å². The van der Waals surface area contributed by atoms with Crippen LogP contribution in [-0.4, -0.2) is 29.5 Å². The van der Waals surface area contributed by atoms with Crippen LogP contribution in [0.25, 0.3) is 22.0 Å². The van der Waals surface area contributed by atoms with Crippen molar-refractivity contribution in [1.29, 1.82) is 0 Å². The number of hydrogen-bond donors (Lipinski definition) is 5. The summed E-state index contributed by atoms with van der Waals surface area (Å²) in [7, 11) is 1.73. The number of aromatic nitrogens is 1. The van der Waals surface area contributed by atoms with E-state index in [2.05, 4.69) is 16.0 Å². The maximum absolute atomic E-state index is 11.6. The number of aromatic hydroxyl groups is 1. The lowest BCUT2D eigenvalue weighted by molar-refractivity contribution is -0.106. The standard InChI is InChI=1S/C16H15N3O2.CH3NO/c1-18-16-14(15(17)21)12-6-5-10(8-13(12)19-16)9-3-2-4-11(20)7-9;2-1-3/h2-8,18-20H,1H3,(H2,17,21);1H,(H2,2,3). The van der Waals surface area contributed by atoms with Crippen molar-refractivity contribution in [3.05, 3.63) is 48.0 Å². The average Bonchev–Trinajstić information content (AvgIpc) is 2.93. The van der Waals surface area contributed by atoms with E-state index in [1.54, 1.807) is 25.2 Å². The zero-order valence-corrected chi connectivity index (χ0v) is 13.0. The number of aromatic amines is 1. The minimum atomic E-state index is -0.476. The molecule has 0 bridgehead atoms. The molecule has 0 aliphatic heterocycles. The number of hydrogen-bond acceptors (Lipinski definition) is 4. The molecule has 3 rings (SSSR count). The highest BCUT2D eigenvalue weighted by molar-refractivity contribution is 6.11. The lowest BCUT2D eigenvalue weighted by Gasteiger charge is -2.03. The number of nitrogens with two attached hydrogens (primary N) is 2. The minimum absolute atomic E-state index is 0.216. The Labute approximate surface area is 138 Å². The van der Waals surface area contributed by atoms with E-state index >= 15 is 0 Å². The van der Waals surface area contributed by atoms with Crippen molar-refractivity contribution in [3.63, 3.8) is 0 Å². The third-order valence-electron chi connectivity index (χ3n) is 3.47. The van der Waals surface area contributed by atoms with Gasteiger partial charge in [-0.25, -0.2) is 0 Å².